The van der Waals surface area contributed by atoms with Crippen LogP contribution in [0.4, 0.5) is 0 Å². The third-order valence-corrected chi connectivity index (χ3v) is 4.21. The number of hydrogen-bond donors (Lipinski definition) is 1. The van der Waals surface area contributed by atoms with Crippen molar-refractivity contribution in [2.75, 3.05) is 0 Å². The summed E-state index contributed by atoms with van der Waals surface area (Å²) in [5, 5.41) is 0. The molecule has 0 amide bonds. The molecule has 1 atom stereocenters. The second kappa shape index (κ2) is 10.4. The lowest BCUT2D eigenvalue weighted by atomic mass is 9.89. The Bertz CT molecular complexity index is 315. The van der Waals surface area contributed by atoms with Crippen LogP contribution in [0.2, 0.25) is 0 Å². The SMILES string of the molecule is CCCCCCCCC(CCC)c1ccc(S)cc1. The molecule has 0 bridgehead atoms. The highest BCUT2D eigenvalue weighted by Gasteiger charge is 2.10. The predicted molar refractivity (Wildman–Crippen MR) is 89.3 cm³/mol. The summed E-state index contributed by atoms with van der Waals surface area (Å²) in [4.78, 5) is 1.07. The smallest absolute Gasteiger partial charge is 0.00401 e. The molecule has 0 saturated carbocycles. The van der Waals surface area contributed by atoms with E-state index in [0.717, 1.165) is 10.8 Å². The lowest BCUT2D eigenvalue weighted by molar-refractivity contribution is 0.512. The van der Waals surface area contributed by atoms with Crippen molar-refractivity contribution in [2.24, 2.45) is 0 Å². The molecule has 1 aromatic carbocycles. The van der Waals surface area contributed by atoms with E-state index in [9.17, 15) is 0 Å². The van der Waals surface area contributed by atoms with E-state index in [2.05, 4.69) is 50.7 Å². The Kier molecular flexibility index (Phi) is 9.07. The molecule has 0 aliphatic carbocycles. The summed E-state index contributed by atoms with van der Waals surface area (Å²) in [6.07, 6.45) is 12.3. The summed E-state index contributed by atoms with van der Waals surface area (Å²) in [6.45, 7) is 4.57. The molecule has 1 aromatic rings. The average Bonchev–Trinajstić information content (AvgIpc) is 2.42. The number of thiol groups is 1. The van der Waals surface area contributed by atoms with Crippen molar-refractivity contribution in [3.63, 3.8) is 0 Å². The highest BCUT2D eigenvalue weighted by Crippen LogP contribution is 2.28. The van der Waals surface area contributed by atoms with Gasteiger partial charge in [-0.05, 0) is 36.5 Å². The minimum Gasteiger partial charge on any atom is -0.143 e. The Morgan fingerprint density at radius 1 is 0.789 bits per heavy atom. The van der Waals surface area contributed by atoms with Crippen LogP contribution in [0.25, 0.3) is 0 Å². The van der Waals surface area contributed by atoms with Gasteiger partial charge in [0.15, 0.2) is 0 Å². The van der Waals surface area contributed by atoms with Gasteiger partial charge in [0.1, 0.15) is 0 Å². The van der Waals surface area contributed by atoms with E-state index < -0.39 is 0 Å². The Hall–Kier alpha value is -0.430. The zero-order chi connectivity index (χ0) is 13.9. The van der Waals surface area contributed by atoms with Gasteiger partial charge in [0.25, 0.3) is 0 Å². The molecule has 1 unspecified atom stereocenters. The third-order valence-electron chi connectivity index (χ3n) is 3.91. The van der Waals surface area contributed by atoms with Gasteiger partial charge in [-0.25, -0.2) is 0 Å². The quantitative estimate of drug-likeness (QED) is 0.361. The van der Waals surface area contributed by atoms with Gasteiger partial charge in [-0.1, -0.05) is 70.9 Å². The molecular formula is C18H30S. The van der Waals surface area contributed by atoms with Crippen LogP contribution in [-0.4, -0.2) is 0 Å². The summed E-state index contributed by atoms with van der Waals surface area (Å²) in [5.74, 6) is 0.755. The van der Waals surface area contributed by atoms with Gasteiger partial charge in [0.2, 0.25) is 0 Å². The van der Waals surface area contributed by atoms with Crippen molar-refractivity contribution in [3.8, 4) is 0 Å². The zero-order valence-corrected chi connectivity index (χ0v) is 13.6. The fourth-order valence-corrected chi connectivity index (χ4v) is 2.89. The normalized spacial score (nSPS) is 12.6. The first-order chi connectivity index (χ1) is 9.27. The maximum Gasteiger partial charge on any atom is 0.00401 e. The Morgan fingerprint density at radius 3 is 2.05 bits per heavy atom. The van der Waals surface area contributed by atoms with E-state index >= 15 is 0 Å². The van der Waals surface area contributed by atoms with E-state index in [0.29, 0.717) is 0 Å². The first-order valence-corrected chi connectivity index (χ1v) is 8.51. The maximum absolute atomic E-state index is 4.37. The molecule has 0 N–H and O–H groups in total. The van der Waals surface area contributed by atoms with Crippen LogP contribution in [-0.2, 0) is 0 Å². The molecule has 0 spiro atoms. The maximum atomic E-state index is 4.37. The highest BCUT2D eigenvalue weighted by molar-refractivity contribution is 7.80. The second-order valence-corrected chi connectivity index (χ2v) is 6.15. The minimum absolute atomic E-state index is 0.755. The Labute approximate surface area is 125 Å². The van der Waals surface area contributed by atoms with Gasteiger partial charge in [-0.15, -0.1) is 12.6 Å². The fraction of sp³-hybridized carbons (Fsp3) is 0.667. The molecule has 0 radical (unpaired) electrons. The van der Waals surface area contributed by atoms with Crippen LogP contribution in [0, 0.1) is 0 Å². The molecule has 0 aliphatic heterocycles. The zero-order valence-electron chi connectivity index (χ0n) is 12.7. The fourth-order valence-electron chi connectivity index (χ4n) is 2.74. The van der Waals surface area contributed by atoms with E-state index in [4.69, 9.17) is 0 Å². The van der Waals surface area contributed by atoms with Crippen molar-refractivity contribution in [2.45, 2.75) is 82.4 Å². The van der Waals surface area contributed by atoms with E-state index in [1.165, 1.54) is 63.4 Å². The van der Waals surface area contributed by atoms with Crippen LogP contribution in [0.1, 0.15) is 83.1 Å². The van der Waals surface area contributed by atoms with Crippen LogP contribution < -0.4 is 0 Å². The lowest BCUT2D eigenvalue weighted by Gasteiger charge is -2.16. The summed E-state index contributed by atoms with van der Waals surface area (Å²) >= 11 is 4.37. The van der Waals surface area contributed by atoms with Crippen LogP contribution in [0.15, 0.2) is 29.2 Å². The summed E-state index contributed by atoms with van der Waals surface area (Å²) in [5.41, 5.74) is 1.51. The summed E-state index contributed by atoms with van der Waals surface area (Å²) in [6, 6.07) is 8.78. The largest absolute Gasteiger partial charge is 0.143 e. The van der Waals surface area contributed by atoms with Crippen molar-refractivity contribution >= 4 is 12.6 Å². The van der Waals surface area contributed by atoms with Crippen molar-refractivity contribution in [1.29, 1.82) is 0 Å². The van der Waals surface area contributed by atoms with Crippen LogP contribution in [0.5, 0.6) is 0 Å². The van der Waals surface area contributed by atoms with Crippen LogP contribution in [0.3, 0.4) is 0 Å². The van der Waals surface area contributed by atoms with Gasteiger partial charge in [-0.2, -0.15) is 0 Å². The molecule has 1 rings (SSSR count). The molecule has 0 nitrogen and oxygen atoms in total. The van der Waals surface area contributed by atoms with Gasteiger partial charge in [0, 0.05) is 4.90 Å². The highest BCUT2D eigenvalue weighted by atomic mass is 32.1. The number of hydrogen-bond acceptors (Lipinski definition) is 1. The molecule has 108 valence electrons. The molecule has 0 saturated heterocycles. The topological polar surface area (TPSA) is 0 Å². The lowest BCUT2D eigenvalue weighted by Crippen LogP contribution is -1.99. The summed E-state index contributed by atoms with van der Waals surface area (Å²) in [7, 11) is 0. The molecule has 0 aromatic heterocycles. The average molecular weight is 279 g/mol. The third kappa shape index (κ3) is 7.06. The standard InChI is InChI=1S/C18H30S/c1-3-5-6-7-8-9-11-16(10-4-2)17-12-14-18(19)15-13-17/h12-16,19H,3-11H2,1-2H3. The number of benzene rings is 1. The van der Waals surface area contributed by atoms with E-state index in [1.807, 2.05) is 0 Å². The van der Waals surface area contributed by atoms with Gasteiger partial charge in [-0.3, -0.25) is 0 Å². The Balaban J connectivity index is 2.34. The van der Waals surface area contributed by atoms with Gasteiger partial charge < -0.3 is 0 Å². The van der Waals surface area contributed by atoms with Gasteiger partial charge >= 0.3 is 0 Å². The number of unbranched alkanes of at least 4 members (excludes halogenated alkanes) is 5. The molecule has 0 heterocycles. The first-order valence-electron chi connectivity index (χ1n) is 8.06. The molecule has 0 fully saturated rings. The molecule has 0 aliphatic rings. The Morgan fingerprint density at radius 2 is 1.42 bits per heavy atom. The van der Waals surface area contributed by atoms with Crippen molar-refractivity contribution in [3.05, 3.63) is 29.8 Å². The number of rotatable bonds is 10. The first kappa shape index (κ1) is 16.6. The summed E-state index contributed by atoms with van der Waals surface area (Å²) < 4.78 is 0. The monoisotopic (exact) mass is 278 g/mol. The predicted octanol–water partition coefficient (Wildman–Crippen LogP) is 6.61. The molecule has 19 heavy (non-hydrogen) atoms. The molecular weight excluding hydrogens is 248 g/mol. The van der Waals surface area contributed by atoms with Crippen molar-refractivity contribution < 1.29 is 0 Å². The van der Waals surface area contributed by atoms with Gasteiger partial charge in [0.05, 0.1) is 0 Å². The van der Waals surface area contributed by atoms with E-state index in [-0.39, 0.29) is 0 Å². The van der Waals surface area contributed by atoms with Crippen LogP contribution >= 0.6 is 12.6 Å². The minimum atomic E-state index is 0.755. The van der Waals surface area contributed by atoms with Crippen molar-refractivity contribution in [1.82, 2.24) is 0 Å². The molecule has 1 heteroatoms. The van der Waals surface area contributed by atoms with E-state index in [1.54, 1.807) is 0 Å². The second-order valence-electron chi connectivity index (χ2n) is 5.63.